The molecule has 1 unspecified atom stereocenters. The zero-order valence-electron chi connectivity index (χ0n) is 14.9. The summed E-state index contributed by atoms with van der Waals surface area (Å²) in [5.41, 5.74) is 0.356. The molecule has 2 amide bonds. The van der Waals surface area contributed by atoms with Crippen LogP contribution in [-0.4, -0.2) is 79.4 Å². The summed E-state index contributed by atoms with van der Waals surface area (Å²) in [7, 11) is -3.26. The molecule has 0 radical (unpaired) electrons. The number of carbonyl (C=O) groups is 2. The molecule has 7 nitrogen and oxygen atoms in total. The van der Waals surface area contributed by atoms with Crippen LogP contribution in [0.5, 0.6) is 0 Å². The van der Waals surface area contributed by atoms with Crippen molar-refractivity contribution < 1.29 is 18.0 Å². The van der Waals surface area contributed by atoms with Crippen molar-refractivity contribution in [1.82, 2.24) is 14.1 Å². The van der Waals surface area contributed by atoms with Gasteiger partial charge in [0, 0.05) is 48.3 Å². The maximum Gasteiger partial charge on any atom is 0.254 e. The van der Waals surface area contributed by atoms with E-state index >= 15 is 0 Å². The van der Waals surface area contributed by atoms with Crippen molar-refractivity contribution in [2.75, 3.05) is 39.0 Å². The fourth-order valence-corrected chi connectivity index (χ4v) is 4.91. The number of nitrogens with zero attached hydrogens (tertiary/aromatic N) is 3. The quantitative estimate of drug-likeness (QED) is 0.726. The molecule has 0 bridgehead atoms. The van der Waals surface area contributed by atoms with Crippen LogP contribution in [-0.2, 0) is 14.8 Å². The second-order valence-corrected chi connectivity index (χ2v) is 9.66. The predicted octanol–water partition coefficient (Wildman–Crippen LogP) is 1.70. The Morgan fingerprint density at radius 3 is 2.15 bits per heavy atom. The van der Waals surface area contributed by atoms with Crippen molar-refractivity contribution in [2.45, 2.75) is 18.9 Å². The summed E-state index contributed by atoms with van der Waals surface area (Å²) < 4.78 is 24.6. The molecule has 0 aromatic heterocycles. The number of amides is 2. The van der Waals surface area contributed by atoms with Gasteiger partial charge in [0.1, 0.15) is 6.04 Å². The predicted molar refractivity (Wildman–Crippen MR) is 104 cm³/mol. The minimum atomic E-state index is -3.26. The van der Waals surface area contributed by atoms with Crippen LogP contribution >= 0.6 is 23.2 Å². The molecule has 2 aliphatic heterocycles. The molecule has 0 aliphatic carbocycles. The third-order valence-corrected chi connectivity index (χ3v) is 6.67. The van der Waals surface area contributed by atoms with Crippen LogP contribution in [0.3, 0.4) is 0 Å². The van der Waals surface area contributed by atoms with Crippen LogP contribution in [0, 0.1) is 0 Å². The number of benzene rings is 1. The van der Waals surface area contributed by atoms with Crippen molar-refractivity contribution in [3.8, 4) is 0 Å². The fourth-order valence-electron chi connectivity index (χ4n) is 3.56. The molecule has 0 spiro atoms. The first-order chi connectivity index (χ1) is 12.7. The molecule has 27 heavy (non-hydrogen) atoms. The number of rotatable bonds is 3. The number of likely N-dealkylation sites (tertiary alicyclic amines) is 1. The summed E-state index contributed by atoms with van der Waals surface area (Å²) in [5.74, 6) is -0.410. The Balaban J connectivity index is 1.71. The van der Waals surface area contributed by atoms with E-state index in [2.05, 4.69) is 0 Å². The Hall–Kier alpha value is -1.35. The van der Waals surface area contributed by atoms with Crippen molar-refractivity contribution in [3.63, 3.8) is 0 Å². The summed E-state index contributed by atoms with van der Waals surface area (Å²) >= 11 is 12.0. The smallest absolute Gasteiger partial charge is 0.254 e. The van der Waals surface area contributed by atoms with E-state index in [1.54, 1.807) is 28.0 Å². The van der Waals surface area contributed by atoms with E-state index in [0.29, 0.717) is 41.7 Å². The van der Waals surface area contributed by atoms with Gasteiger partial charge in [0.05, 0.1) is 6.26 Å². The first-order valence-corrected chi connectivity index (χ1v) is 11.3. The van der Waals surface area contributed by atoms with Gasteiger partial charge in [-0.1, -0.05) is 23.2 Å². The van der Waals surface area contributed by atoms with Gasteiger partial charge in [-0.2, -0.15) is 4.31 Å². The SMILES string of the molecule is CS(=O)(=O)N1CCN(C(=O)C2CCCN2C(=O)c2cc(Cl)cc(Cl)c2)CC1. The summed E-state index contributed by atoms with van der Waals surface area (Å²) in [6.07, 6.45) is 2.49. The van der Waals surface area contributed by atoms with Crippen molar-refractivity contribution in [1.29, 1.82) is 0 Å². The van der Waals surface area contributed by atoms with Crippen LogP contribution in [0.4, 0.5) is 0 Å². The van der Waals surface area contributed by atoms with Crippen LogP contribution in [0.1, 0.15) is 23.2 Å². The number of halogens is 2. The molecule has 2 saturated heterocycles. The van der Waals surface area contributed by atoms with Gasteiger partial charge < -0.3 is 9.80 Å². The van der Waals surface area contributed by atoms with E-state index in [1.807, 2.05) is 0 Å². The topological polar surface area (TPSA) is 78.0 Å². The molecule has 1 aromatic carbocycles. The summed E-state index contributed by atoms with van der Waals surface area (Å²) in [6.45, 7) is 1.69. The standard InChI is InChI=1S/C17H21Cl2N3O4S/c1-27(25,26)21-7-5-20(6-8-21)17(24)15-3-2-4-22(15)16(23)12-9-13(18)11-14(19)10-12/h9-11,15H,2-8H2,1H3. The van der Waals surface area contributed by atoms with Gasteiger partial charge in [-0.05, 0) is 31.0 Å². The maximum atomic E-state index is 12.9. The van der Waals surface area contributed by atoms with Gasteiger partial charge in [0.15, 0.2) is 0 Å². The number of piperazine rings is 1. The lowest BCUT2D eigenvalue weighted by molar-refractivity contribution is -0.136. The average molecular weight is 434 g/mol. The molecule has 2 aliphatic rings. The van der Waals surface area contributed by atoms with E-state index in [9.17, 15) is 18.0 Å². The van der Waals surface area contributed by atoms with E-state index in [4.69, 9.17) is 23.2 Å². The molecule has 1 aromatic rings. The second-order valence-electron chi connectivity index (χ2n) is 6.80. The second kappa shape index (κ2) is 7.95. The number of sulfonamides is 1. The first kappa shape index (κ1) is 20.4. The van der Waals surface area contributed by atoms with Gasteiger partial charge in [-0.15, -0.1) is 0 Å². The maximum absolute atomic E-state index is 12.9. The minimum absolute atomic E-state index is 0.137. The monoisotopic (exact) mass is 433 g/mol. The molecule has 10 heteroatoms. The van der Waals surface area contributed by atoms with Crippen molar-refractivity contribution in [3.05, 3.63) is 33.8 Å². The fraction of sp³-hybridized carbons (Fsp3) is 0.529. The molecule has 3 rings (SSSR count). The normalized spacial score (nSPS) is 21.5. The largest absolute Gasteiger partial charge is 0.338 e. The zero-order valence-corrected chi connectivity index (χ0v) is 17.2. The summed E-state index contributed by atoms with van der Waals surface area (Å²) in [5, 5.41) is 0.731. The Bertz CT molecular complexity index is 833. The van der Waals surface area contributed by atoms with Gasteiger partial charge in [-0.25, -0.2) is 8.42 Å². The Kier molecular flexibility index (Phi) is 6.00. The van der Waals surface area contributed by atoms with Gasteiger partial charge in [0.2, 0.25) is 15.9 Å². The first-order valence-electron chi connectivity index (χ1n) is 8.68. The van der Waals surface area contributed by atoms with Crippen LogP contribution in [0.25, 0.3) is 0 Å². The minimum Gasteiger partial charge on any atom is -0.338 e. The van der Waals surface area contributed by atoms with E-state index < -0.39 is 16.1 Å². The molecule has 2 fully saturated rings. The summed E-state index contributed by atoms with van der Waals surface area (Å²) in [6, 6.07) is 4.09. The lowest BCUT2D eigenvalue weighted by Crippen LogP contribution is -2.55. The summed E-state index contributed by atoms with van der Waals surface area (Å²) in [4.78, 5) is 29.0. The third-order valence-electron chi connectivity index (χ3n) is 4.93. The molecule has 0 N–H and O–H groups in total. The highest BCUT2D eigenvalue weighted by atomic mass is 35.5. The van der Waals surface area contributed by atoms with Crippen LogP contribution in [0.15, 0.2) is 18.2 Å². The van der Waals surface area contributed by atoms with Gasteiger partial charge in [-0.3, -0.25) is 9.59 Å². The lowest BCUT2D eigenvalue weighted by Gasteiger charge is -2.36. The molecular formula is C17H21Cl2N3O4S. The van der Waals surface area contributed by atoms with Crippen molar-refractivity contribution >= 4 is 45.0 Å². The van der Waals surface area contributed by atoms with E-state index in [0.717, 1.165) is 12.7 Å². The highest BCUT2D eigenvalue weighted by Crippen LogP contribution is 2.25. The molecule has 2 heterocycles. The number of carbonyl (C=O) groups excluding carboxylic acids is 2. The van der Waals surface area contributed by atoms with Crippen LogP contribution < -0.4 is 0 Å². The van der Waals surface area contributed by atoms with E-state index in [1.165, 1.54) is 4.31 Å². The Morgan fingerprint density at radius 2 is 1.59 bits per heavy atom. The highest BCUT2D eigenvalue weighted by molar-refractivity contribution is 7.88. The van der Waals surface area contributed by atoms with Crippen LogP contribution in [0.2, 0.25) is 10.0 Å². The Morgan fingerprint density at radius 1 is 1.00 bits per heavy atom. The molecule has 1 atom stereocenters. The third kappa shape index (κ3) is 4.56. The molecular weight excluding hydrogens is 413 g/mol. The van der Waals surface area contributed by atoms with E-state index in [-0.39, 0.29) is 24.9 Å². The molecule has 0 saturated carbocycles. The average Bonchev–Trinajstić information content (AvgIpc) is 3.08. The number of hydrogen-bond acceptors (Lipinski definition) is 4. The lowest BCUT2D eigenvalue weighted by atomic mass is 10.1. The van der Waals surface area contributed by atoms with Crippen molar-refractivity contribution in [2.24, 2.45) is 0 Å². The molecule has 148 valence electrons. The number of hydrogen-bond donors (Lipinski definition) is 0. The van der Waals surface area contributed by atoms with Gasteiger partial charge >= 0.3 is 0 Å². The Labute approximate surface area is 168 Å². The van der Waals surface area contributed by atoms with Gasteiger partial charge in [0.25, 0.3) is 5.91 Å². The zero-order chi connectivity index (χ0) is 19.8. The highest BCUT2D eigenvalue weighted by Gasteiger charge is 2.38.